The van der Waals surface area contributed by atoms with Gasteiger partial charge in [-0.3, -0.25) is 0 Å². The highest BCUT2D eigenvalue weighted by Gasteiger charge is 1.77. The monoisotopic (exact) mass is 154 g/mol. The third kappa shape index (κ3) is 8.82. The van der Waals surface area contributed by atoms with Crippen LogP contribution in [-0.2, 0) is 4.79 Å². The van der Waals surface area contributed by atoms with Crippen LogP contribution in [0.1, 0.15) is 13.8 Å². The van der Waals surface area contributed by atoms with Gasteiger partial charge in [0.05, 0.1) is 0 Å². The third-order valence-electron chi connectivity index (χ3n) is 0.733. The van der Waals surface area contributed by atoms with E-state index in [-0.39, 0.29) is 11.6 Å². The summed E-state index contributed by atoms with van der Waals surface area (Å²) < 4.78 is 11.9. The minimum atomic E-state index is -0.178. The molecule has 0 unspecified atom stereocenters. The number of halogens is 1. The topological polar surface area (TPSA) is 17.1 Å². The van der Waals surface area contributed by atoms with Gasteiger partial charge < -0.3 is 4.79 Å². The fourth-order valence-corrected chi connectivity index (χ4v) is 0.415. The standard InChI is InChI=1S/C6H5F.C3H6O/c7-6-4-2-1-3-5-6;1-3(2)4/h1-5H;1-2H3. The van der Waals surface area contributed by atoms with Gasteiger partial charge in [0.1, 0.15) is 11.6 Å². The van der Waals surface area contributed by atoms with Crippen LogP contribution in [0.5, 0.6) is 0 Å². The van der Waals surface area contributed by atoms with Gasteiger partial charge in [0.2, 0.25) is 0 Å². The molecule has 60 valence electrons. The fourth-order valence-electron chi connectivity index (χ4n) is 0.415. The zero-order valence-corrected chi connectivity index (χ0v) is 6.67. The van der Waals surface area contributed by atoms with Gasteiger partial charge >= 0.3 is 0 Å². The molecular formula is C9H11FO. The molecule has 1 rings (SSSR count). The van der Waals surface area contributed by atoms with E-state index in [1.165, 1.54) is 26.0 Å². The molecule has 2 heteroatoms. The van der Waals surface area contributed by atoms with Crippen LogP contribution >= 0.6 is 0 Å². The number of Topliss-reactive ketones (excluding diaryl/α,β-unsaturated/α-hetero) is 1. The fraction of sp³-hybridized carbons (Fsp3) is 0.222. The van der Waals surface area contributed by atoms with Crippen LogP contribution in [0.4, 0.5) is 4.39 Å². The molecule has 0 aliphatic carbocycles. The van der Waals surface area contributed by atoms with Gasteiger partial charge in [-0.25, -0.2) is 4.39 Å². The third-order valence-corrected chi connectivity index (χ3v) is 0.733. The maximum Gasteiger partial charge on any atom is 0.126 e. The van der Waals surface area contributed by atoms with Gasteiger partial charge in [0.25, 0.3) is 0 Å². The molecule has 1 aromatic carbocycles. The second-order valence-electron chi connectivity index (χ2n) is 2.20. The van der Waals surface area contributed by atoms with Gasteiger partial charge in [-0.2, -0.15) is 0 Å². The molecule has 11 heavy (non-hydrogen) atoms. The summed E-state index contributed by atoms with van der Waals surface area (Å²) in [5.41, 5.74) is 0. The van der Waals surface area contributed by atoms with E-state index in [1.807, 2.05) is 0 Å². The van der Waals surface area contributed by atoms with E-state index in [2.05, 4.69) is 0 Å². The molecule has 1 aromatic rings. The first kappa shape index (κ1) is 9.82. The SMILES string of the molecule is CC(C)=O.Fc1ccccc1. The van der Waals surface area contributed by atoms with Gasteiger partial charge in [-0.05, 0) is 26.0 Å². The lowest BCUT2D eigenvalue weighted by Gasteiger charge is -1.78. The molecule has 0 aromatic heterocycles. The lowest BCUT2D eigenvalue weighted by Crippen LogP contribution is -1.69. The molecule has 0 saturated carbocycles. The van der Waals surface area contributed by atoms with Crippen molar-refractivity contribution >= 4 is 5.78 Å². The smallest absolute Gasteiger partial charge is 0.126 e. The van der Waals surface area contributed by atoms with E-state index in [9.17, 15) is 9.18 Å². The molecule has 1 nitrogen and oxygen atoms in total. The zero-order chi connectivity index (χ0) is 8.69. The first-order valence-corrected chi connectivity index (χ1v) is 3.30. The lowest BCUT2D eigenvalue weighted by molar-refractivity contribution is -0.114. The van der Waals surface area contributed by atoms with Crippen molar-refractivity contribution in [2.45, 2.75) is 13.8 Å². The summed E-state index contributed by atoms with van der Waals surface area (Å²) in [4.78, 5) is 9.44. The van der Waals surface area contributed by atoms with Crippen molar-refractivity contribution in [1.82, 2.24) is 0 Å². The van der Waals surface area contributed by atoms with Crippen molar-refractivity contribution in [2.75, 3.05) is 0 Å². The van der Waals surface area contributed by atoms with Crippen LogP contribution in [-0.4, -0.2) is 5.78 Å². The van der Waals surface area contributed by atoms with Crippen LogP contribution in [0.25, 0.3) is 0 Å². The van der Waals surface area contributed by atoms with Crippen LogP contribution in [0.15, 0.2) is 30.3 Å². The van der Waals surface area contributed by atoms with Crippen LogP contribution in [0.2, 0.25) is 0 Å². The molecular weight excluding hydrogens is 143 g/mol. The number of benzene rings is 1. The highest BCUT2D eigenvalue weighted by molar-refractivity contribution is 5.72. The summed E-state index contributed by atoms with van der Waals surface area (Å²) in [6, 6.07) is 7.94. The zero-order valence-electron chi connectivity index (χ0n) is 6.67. The van der Waals surface area contributed by atoms with Gasteiger partial charge in [0, 0.05) is 0 Å². The lowest BCUT2D eigenvalue weighted by atomic mass is 10.4. The molecule has 0 bridgehead atoms. The second-order valence-corrected chi connectivity index (χ2v) is 2.20. The Morgan fingerprint density at radius 1 is 1.18 bits per heavy atom. The van der Waals surface area contributed by atoms with Crippen LogP contribution in [0.3, 0.4) is 0 Å². The van der Waals surface area contributed by atoms with Crippen LogP contribution in [0, 0.1) is 5.82 Å². The van der Waals surface area contributed by atoms with Crippen molar-refractivity contribution < 1.29 is 9.18 Å². The Balaban J connectivity index is 0.000000218. The number of rotatable bonds is 0. The molecule has 0 saturated heterocycles. The maximum absolute atomic E-state index is 11.9. The first-order valence-electron chi connectivity index (χ1n) is 3.30. The number of hydrogen-bond donors (Lipinski definition) is 0. The van der Waals surface area contributed by atoms with E-state index in [4.69, 9.17) is 0 Å². The molecule has 0 aliphatic rings. The molecule has 0 aliphatic heterocycles. The number of carbonyl (C=O) groups excluding carboxylic acids is 1. The predicted octanol–water partition coefficient (Wildman–Crippen LogP) is 2.42. The van der Waals surface area contributed by atoms with Gasteiger partial charge in [0.15, 0.2) is 0 Å². The summed E-state index contributed by atoms with van der Waals surface area (Å²) in [5, 5.41) is 0. The molecule has 0 atom stereocenters. The summed E-state index contributed by atoms with van der Waals surface area (Å²) in [6.07, 6.45) is 0. The van der Waals surface area contributed by atoms with Gasteiger partial charge in [-0.15, -0.1) is 0 Å². The van der Waals surface area contributed by atoms with Crippen molar-refractivity contribution in [1.29, 1.82) is 0 Å². The quantitative estimate of drug-likeness (QED) is 0.560. The first-order chi connectivity index (χ1) is 5.13. The highest BCUT2D eigenvalue weighted by Crippen LogP contribution is 1.91. The minimum Gasteiger partial charge on any atom is -0.300 e. The Hall–Kier alpha value is -1.18. The second kappa shape index (κ2) is 5.59. The van der Waals surface area contributed by atoms with Crippen molar-refractivity contribution in [3.8, 4) is 0 Å². The Morgan fingerprint density at radius 2 is 1.55 bits per heavy atom. The van der Waals surface area contributed by atoms with E-state index >= 15 is 0 Å². The number of ketones is 1. The minimum absolute atomic E-state index is 0.167. The molecule has 0 amide bonds. The predicted molar refractivity (Wildman–Crippen MR) is 42.8 cm³/mol. The average Bonchev–Trinajstić information content (AvgIpc) is 1.87. The summed E-state index contributed by atoms with van der Waals surface area (Å²) in [7, 11) is 0. The van der Waals surface area contributed by atoms with Crippen LogP contribution < -0.4 is 0 Å². The summed E-state index contributed by atoms with van der Waals surface area (Å²) in [6.45, 7) is 3.06. The molecule has 0 N–H and O–H groups in total. The van der Waals surface area contributed by atoms with Crippen molar-refractivity contribution in [3.63, 3.8) is 0 Å². The Morgan fingerprint density at radius 3 is 1.73 bits per heavy atom. The normalized spacial score (nSPS) is 7.91. The largest absolute Gasteiger partial charge is 0.300 e. The molecule has 0 spiro atoms. The van der Waals surface area contributed by atoms with E-state index < -0.39 is 0 Å². The highest BCUT2D eigenvalue weighted by atomic mass is 19.1. The Kier molecular flexibility index (Phi) is 4.99. The summed E-state index contributed by atoms with van der Waals surface area (Å²) >= 11 is 0. The number of carbonyl (C=O) groups is 1. The number of hydrogen-bond acceptors (Lipinski definition) is 1. The average molecular weight is 154 g/mol. The van der Waals surface area contributed by atoms with Crippen molar-refractivity contribution in [2.24, 2.45) is 0 Å². The molecule has 0 fully saturated rings. The Labute approximate surface area is 65.9 Å². The van der Waals surface area contributed by atoms with E-state index in [1.54, 1.807) is 18.2 Å². The molecule has 0 heterocycles. The molecule has 0 radical (unpaired) electrons. The van der Waals surface area contributed by atoms with Crippen molar-refractivity contribution in [3.05, 3.63) is 36.1 Å². The Bertz CT molecular complexity index is 202. The summed E-state index contributed by atoms with van der Waals surface area (Å²) in [5.74, 6) is -0.0116. The van der Waals surface area contributed by atoms with Gasteiger partial charge in [-0.1, -0.05) is 18.2 Å². The van der Waals surface area contributed by atoms with E-state index in [0.717, 1.165) is 0 Å². The van der Waals surface area contributed by atoms with E-state index in [0.29, 0.717) is 0 Å². The maximum atomic E-state index is 11.9.